The molecular weight excluding hydrogens is 508 g/mol. The summed E-state index contributed by atoms with van der Waals surface area (Å²) in [7, 11) is 1.48. The van der Waals surface area contributed by atoms with E-state index in [4.69, 9.17) is 16.3 Å². The molecule has 200 valence electrons. The van der Waals surface area contributed by atoms with Gasteiger partial charge in [-0.25, -0.2) is 17.6 Å². The quantitative estimate of drug-likeness (QED) is 0.224. The molecule has 4 nitrogen and oxygen atoms in total. The zero-order valence-corrected chi connectivity index (χ0v) is 21.4. The number of piperidine rings is 1. The molecule has 1 aliphatic heterocycles. The van der Waals surface area contributed by atoms with Crippen molar-refractivity contribution < 1.29 is 27.4 Å². The number of halogens is 5. The van der Waals surface area contributed by atoms with Crippen molar-refractivity contribution in [3.05, 3.63) is 69.6 Å². The summed E-state index contributed by atoms with van der Waals surface area (Å²) in [6, 6.07) is 5.94. The fourth-order valence-corrected chi connectivity index (χ4v) is 5.36. The lowest BCUT2D eigenvalue weighted by molar-refractivity contribution is 0.0792. The smallest absolute Gasteiger partial charge is 0.165 e. The minimum Gasteiger partial charge on any atom is -0.497 e. The average molecular weight is 539 g/mol. The predicted molar refractivity (Wildman–Crippen MR) is 136 cm³/mol. The van der Waals surface area contributed by atoms with Gasteiger partial charge in [-0.05, 0) is 93.8 Å². The minimum absolute atomic E-state index is 0.0803. The van der Waals surface area contributed by atoms with Crippen LogP contribution in [0.4, 0.5) is 17.6 Å². The number of nitrogens with one attached hydrogen (secondary N) is 1. The second-order valence-corrected chi connectivity index (χ2v) is 9.99. The summed E-state index contributed by atoms with van der Waals surface area (Å²) in [5.74, 6) is -2.66. The summed E-state index contributed by atoms with van der Waals surface area (Å²) < 4.78 is 65.0. The second kappa shape index (κ2) is 12.4. The summed E-state index contributed by atoms with van der Waals surface area (Å²) in [4.78, 5) is 4.19. The number of pyridine rings is 1. The maximum absolute atomic E-state index is 15.4. The third kappa shape index (κ3) is 6.36. The van der Waals surface area contributed by atoms with E-state index in [1.807, 2.05) is 0 Å². The number of hydrogen-bond donors (Lipinski definition) is 2. The molecule has 37 heavy (non-hydrogen) atoms. The van der Waals surface area contributed by atoms with E-state index in [1.165, 1.54) is 13.3 Å². The largest absolute Gasteiger partial charge is 0.497 e. The van der Waals surface area contributed by atoms with Gasteiger partial charge in [-0.2, -0.15) is 0 Å². The van der Waals surface area contributed by atoms with Crippen LogP contribution < -0.4 is 10.1 Å². The van der Waals surface area contributed by atoms with Crippen LogP contribution in [0.1, 0.15) is 55.0 Å². The normalized spacial score (nSPS) is 16.2. The number of methoxy groups -OCH3 is 1. The maximum Gasteiger partial charge on any atom is 0.165 e. The van der Waals surface area contributed by atoms with Crippen molar-refractivity contribution in [1.82, 2.24) is 10.3 Å². The summed E-state index contributed by atoms with van der Waals surface area (Å²) in [5.41, 5.74) is 0.0747. The van der Waals surface area contributed by atoms with E-state index in [2.05, 4.69) is 10.3 Å². The van der Waals surface area contributed by atoms with Crippen molar-refractivity contribution in [2.75, 3.05) is 20.2 Å². The number of ether oxygens (including phenoxy) is 1. The molecule has 2 N–H and O–H groups in total. The molecule has 0 bridgehead atoms. The second-order valence-electron chi connectivity index (χ2n) is 9.58. The highest BCUT2D eigenvalue weighted by molar-refractivity contribution is 6.32. The van der Waals surface area contributed by atoms with Crippen LogP contribution in [0.5, 0.6) is 5.75 Å². The lowest BCUT2D eigenvalue weighted by Crippen LogP contribution is -2.34. The Morgan fingerprint density at radius 3 is 2.59 bits per heavy atom. The van der Waals surface area contributed by atoms with Gasteiger partial charge in [0.05, 0.1) is 23.8 Å². The first-order valence-electron chi connectivity index (χ1n) is 12.6. The van der Waals surface area contributed by atoms with Crippen LogP contribution >= 0.6 is 11.6 Å². The van der Waals surface area contributed by atoms with Crippen LogP contribution in [0.25, 0.3) is 10.9 Å². The Bertz CT molecular complexity index is 1240. The monoisotopic (exact) mass is 538 g/mol. The Morgan fingerprint density at radius 2 is 1.86 bits per heavy atom. The fraction of sp³-hybridized carbons (Fsp3) is 0.464. The van der Waals surface area contributed by atoms with E-state index in [-0.39, 0.29) is 41.3 Å². The maximum atomic E-state index is 15.4. The molecule has 0 aliphatic carbocycles. The summed E-state index contributed by atoms with van der Waals surface area (Å²) >= 11 is 6.23. The van der Waals surface area contributed by atoms with E-state index >= 15 is 4.39 Å². The number of aliphatic hydroxyl groups is 1. The van der Waals surface area contributed by atoms with Crippen molar-refractivity contribution in [2.24, 2.45) is 5.92 Å². The van der Waals surface area contributed by atoms with Crippen LogP contribution in [0.2, 0.25) is 5.02 Å². The Morgan fingerprint density at radius 1 is 1.11 bits per heavy atom. The highest BCUT2D eigenvalue weighted by atomic mass is 35.5. The zero-order chi connectivity index (χ0) is 26.5. The summed E-state index contributed by atoms with van der Waals surface area (Å²) in [5, 5.41) is 14.1. The first-order valence-corrected chi connectivity index (χ1v) is 13.0. The molecule has 0 unspecified atom stereocenters. The van der Waals surface area contributed by atoms with Crippen LogP contribution in [0.15, 0.2) is 30.5 Å². The first-order chi connectivity index (χ1) is 17.8. The van der Waals surface area contributed by atoms with Crippen molar-refractivity contribution >= 4 is 22.5 Å². The van der Waals surface area contributed by atoms with Crippen molar-refractivity contribution in [1.29, 1.82) is 0 Å². The molecule has 0 radical (unpaired) electrons. The number of aromatic nitrogens is 1. The van der Waals surface area contributed by atoms with Gasteiger partial charge in [0.1, 0.15) is 17.7 Å². The molecule has 2 aromatic carbocycles. The van der Waals surface area contributed by atoms with Crippen LogP contribution in [-0.4, -0.2) is 36.4 Å². The number of hydrogen-bond acceptors (Lipinski definition) is 4. The van der Waals surface area contributed by atoms with Crippen LogP contribution in [-0.2, 0) is 12.8 Å². The van der Waals surface area contributed by atoms with Crippen molar-refractivity contribution in [2.45, 2.75) is 57.2 Å². The van der Waals surface area contributed by atoms with Gasteiger partial charge in [0.25, 0.3) is 0 Å². The van der Waals surface area contributed by atoms with Gasteiger partial charge < -0.3 is 15.2 Å². The number of benzene rings is 2. The SMILES string of the molecule is COc1ccc2ncc(Cl)c([C@H](F)CCc3c(F)cc(CCC[C@H](O)C4CCNCC4)c(F)c3F)c2c1. The lowest BCUT2D eigenvalue weighted by Gasteiger charge is -2.27. The molecule has 0 saturated carbocycles. The van der Waals surface area contributed by atoms with E-state index in [1.54, 1.807) is 18.2 Å². The van der Waals surface area contributed by atoms with Gasteiger partial charge in [0, 0.05) is 22.7 Å². The first kappa shape index (κ1) is 27.6. The Balaban J connectivity index is 1.44. The number of fused-ring (bicyclic) bond motifs is 1. The van der Waals surface area contributed by atoms with E-state index in [0.29, 0.717) is 29.5 Å². The molecular formula is C28H31ClF4N2O2. The topological polar surface area (TPSA) is 54.4 Å². The minimum atomic E-state index is -1.66. The van der Waals surface area contributed by atoms with E-state index < -0.39 is 35.3 Å². The van der Waals surface area contributed by atoms with Crippen LogP contribution in [0.3, 0.4) is 0 Å². The third-order valence-electron chi connectivity index (χ3n) is 7.23. The number of nitrogens with zero attached hydrogens (tertiary/aromatic N) is 1. The van der Waals surface area contributed by atoms with Gasteiger partial charge >= 0.3 is 0 Å². The summed E-state index contributed by atoms with van der Waals surface area (Å²) in [6.45, 7) is 1.71. The van der Waals surface area contributed by atoms with Crippen LogP contribution in [0, 0.1) is 23.4 Å². The van der Waals surface area contributed by atoms with Gasteiger partial charge in [-0.15, -0.1) is 0 Å². The molecule has 0 amide bonds. The van der Waals surface area contributed by atoms with Gasteiger partial charge in [0.2, 0.25) is 0 Å². The van der Waals surface area contributed by atoms with E-state index in [9.17, 15) is 18.3 Å². The predicted octanol–water partition coefficient (Wildman–Crippen LogP) is 6.64. The zero-order valence-electron chi connectivity index (χ0n) is 20.7. The number of rotatable bonds is 10. The molecule has 3 aromatic rings. The lowest BCUT2D eigenvalue weighted by atomic mass is 9.89. The molecule has 1 aliphatic rings. The highest BCUT2D eigenvalue weighted by Crippen LogP contribution is 2.37. The molecule has 1 aromatic heterocycles. The number of aryl methyl sites for hydroxylation is 1. The Hall–Kier alpha value is -2.42. The average Bonchev–Trinajstić information content (AvgIpc) is 2.91. The fourth-order valence-electron chi connectivity index (χ4n) is 5.09. The summed E-state index contributed by atoms with van der Waals surface area (Å²) in [6.07, 6.45) is 1.19. The molecule has 1 fully saturated rings. The van der Waals surface area contributed by atoms with Crippen molar-refractivity contribution in [3.8, 4) is 5.75 Å². The molecule has 4 rings (SSSR count). The Kier molecular flexibility index (Phi) is 9.27. The number of alkyl halides is 1. The highest BCUT2D eigenvalue weighted by Gasteiger charge is 2.24. The van der Waals surface area contributed by atoms with Gasteiger partial charge in [-0.3, -0.25) is 4.98 Å². The van der Waals surface area contributed by atoms with Gasteiger partial charge in [-0.1, -0.05) is 11.6 Å². The molecule has 9 heteroatoms. The Labute approximate surface area is 219 Å². The van der Waals surface area contributed by atoms with Gasteiger partial charge in [0.15, 0.2) is 11.6 Å². The standard InChI is InChI=1S/C28H31ClF4N2O2/c1-37-18-5-8-24-20(14-18)26(21(29)15-35-24)22(30)7-6-19-23(31)13-17(27(32)28(19)33)3-2-4-25(36)16-9-11-34-12-10-16/h5,8,13-16,22,25,34,36H,2-4,6-7,9-12H2,1H3/t22-,25+/m1/s1. The van der Waals surface area contributed by atoms with E-state index in [0.717, 1.165) is 32.0 Å². The molecule has 2 atom stereocenters. The number of aliphatic hydroxyl groups excluding tert-OH is 1. The molecule has 1 saturated heterocycles. The third-order valence-corrected chi connectivity index (χ3v) is 7.53. The molecule has 0 spiro atoms. The molecule has 2 heterocycles. The van der Waals surface area contributed by atoms with Crippen molar-refractivity contribution in [3.63, 3.8) is 0 Å².